The van der Waals surface area contributed by atoms with E-state index in [0.717, 1.165) is 6.54 Å². The van der Waals surface area contributed by atoms with E-state index in [2.05, 4.69) is 11.8 Å². The number of thioether (sulfide) groups is 1. The van der Waals surface area contributed by atoms with Crippen molar-refractivity contribution >= 4 is 11.8 Å². The minimum Gasteiger partial charge on any atom is -0.374 e. The summed E-state index contributed by atoms with van der Waals surface area (Å²) in [6, 6.07) is 0.454. The Kier molecular flexibility index (Phi) is 4.31. The highest BCUT2D eigenvalue weighted by atomic mass is 32.2. The predicted octanol–water partition coefficient (Wildman–Crippen LogP) is 0.930. The van der Waals surface area contributed by atoms with Crippen molar-refractivity contribution < 1.29 is 4.74 Å². The van der Waals surface area contributed by atoms with Crippen LogP contribution in [0.4, 0.5) is 0 Å². The Bertz CT molecular complexity index is 192. The molecule has 4 heteroatoms. The fraction of sp³-hybridized carbons (Fsp3) is 1.00. The minimum absolute atomic E-state index is 0.382. The summed E-state index contributed by atoms with van der Waals surface area (Å²) in [4.78, 5) is 2.53. The molecule has 88 valence electrons. The summed E-state index contributed by atoms with van der Waals surface area (Å²) in [5.41, 5.74) is 5.90. The monoisotopic (exact) mass is 230 g/mol. The smallest absolute Gasteiger partial charge is 0.0747 e. The summed E-state index contributed by atoms with van der Waals surface area (Å²) in [5, 5.41) is 0. The highest BCUT2D eigenvalue weighted by Gasteiger charge is 2.32. The van der Waals surface area contributed by atoms with Gasteiger partial charge in [-0.1, -0.05) is 0 Å². The second-order valence-electron chi connectivity index (χ2n) is 4.51. The van der Waals surface area contributed by atoms with Gasteiger partial charge in [0.2, 0.25) is 0 Å². The van der Waals surface area contributed by atoms with E-state index in [0.29, 0.717) is 18.2 Å². The molecule has 0 bridgehead atoms. The van der Waals surface area contributed by atoms with Crippen LogP contribution in [0, 0.1) is 0 Å². The molecule has 0 aromatic heterocycles. The zero-order valence-electron chi connectivity index (χ0n) is 9.52. The number of rotatable bonds is 3. The molecule has 15 heavy (non-hydrogen) atoms. The van der Waals surface area contributed by atoms with Crippen molar-refractivity contribution in [2.24, 2.45) is 5.73 Å². The van der Waals surface area contributed by atoms with Gasteiger partial charge in [-0.05, 0) is 19.8 Å². The maximum absolute atomic E-state index is 5.94. The highest BCUT2D eigenvalue weighted by molar-refractivity contribution is 7.99. The average molecular weight is 230 g/mol. The molecule has 0 aliphatic carbocycles. The van der Waals surface area contributed by atoms with Crippen molar-refractivity contribution in [1.82, 2.24) is 4.90 Å². The molecule has 3 atom stereocenters. The SMILES string of the molecule is CC1CCC(C(CN)N2CCSCC2)O1. The van der Waals surface area contributed by atoms with Crippen LogP contribution in [0.25, 0.3) is 0 Å². The van der Waals surface area contributed by atoms with Crippen LogP contribution in [0.1, 0.15) is 19.8 Å². The largest absolute Gasteiger partial charge is 0.374 e. The van der Waals surface area contributed by atoms with Crippen LogP contribution in [0.15, 0.2) is 0 Å². The van der Waals surface area contributed by atoms with E-state index in [1.54, 1.807) is 0 Å². The lowest BCUT2D eigenvalue weighted by molar-refractivity contribution is -0.00161. The molecule has 2 aliphatic heterocycles. The molecule has 0 aromatic carbocycles. The van der Waals surface area contributed by atoms with E-state index in [4.69, 9.17) is 10.5 Å². The van der Waals surface area contributed by atoms with E-state index in [9.17, 15) is 0 Å². The molecule has 2 rings (SSSR count). The van der Waals surface area contributed by atoms with Gasteiger partial charge in [-0.3, -0.25) is 4.90 Å². The lowest BCUT2D eigenvalue weighted by Crippen LogP contribution is -2.51. The third-order valence-corrected chi connectivity index (χ3v) is 4.39. The Hall–Kier alpha value is 0.230. The average Bonchev–Trinajstić information content (AvgIpc) is 2.68. The summed E-state index contributed by atoms with van der Waals surface area (Å²) in [6.07, 6.45) is 3.20. The molecule has 0 spiro atoms. The van der Waals surface area contributed by atoms with E-state index in [1.165, 1.54) is 37.4 Å². The molecule has 2 aliphatic rings. The van der Waals surface area contributed by atoms with Gasteiger partial charge < -0.3 is 10.5 Å². The van der Waals surface area contributed by atoms with Gasteiger partial charge in [-0.15, -0.1) is 0 Å². The summed E-state index contributed by atoms with van der Waals surface area (Å²) >= 11 is 2.05. The molecule has 2 N–H and O–H groups in total. The first-order chi connectivity index (χ1) is 7.31. The lowest BCUT2D eigenvalue weighted by Gasteiger charge is -2.36. The third kappa shape index (κ3) is 2.87. The van der Waals surface area contributed by atoms with Gasteiger partial charge in [0.05, 0.1) is 12.2 Å². The molecule has 0 amide bonds. The number of hydrogen-bond acceptors (Lipinski definition) is 4. The topological polar surface area (TPSA) is 38.5 Å². The van der Waals surface area contributed by atoms with Gasteiger partial charge in [-0.25, -0.2) is 0 Å². The molecule has 0 radical (unpaired) electrons. The zero-order chi connectivity index (χ0) is 10.7. The Morgan fingerprint density at radius 3 is 2.67 bits per heavy atom. The molecular formula is C11H22N2OS. The minimum atomic E-state index is 0.382. The number of nitrogens with two attached hydrogens (primary N) is 1. The molecule has 2 heterocycles. The van der Waals surface area contributed by atoms with Crippen molar-refractivity contribution in [3.05, 3.63) is 0 Å². The third-order valence-electron chi connectivity index (χ3n) is 3.45. The fourth-order valence-electron chi connectivity index (χ4n) is 2.56. The van der Waals surface area contributed by atoms with Crippen LogP contribution < -0.4 is 5.73 Å². The van der Waals surface area contributed by atoms with Crippen LogP contribution in [-0.2, 0) is 4.74 Å². The van der Waals surface area contributed by atoms with Crippen molar-refractivity contribution in [2.75, 3.05) is 31.1 Å². The van der Waals surface area contributed by atoms with Crippen LogP contribution >= 0.6 is 11.8 Å². The van der Waals surface area contributed by atoms with Gasteiger partial charge in [0, 0.05) is 37.2 Å². The first-order valence-electron chi connectivity index (χ1n) is 5.98. The van der Waals surface area contributed by atoms with Crippen molar-refractivity contribution in [1.29, 1.82) is 0 Å². The summed E-state index contributed by atoms with van der Waals surface area (Å²) in [5.74, 6) is 2.50. The summed E-state index contributed by atoms with van der Waals surface area (Å²) in [6.45, 7) is 5.27. The van der Waals surface area contributed by atoms with E-state index in [-0.39, 0.29) is 0 Å². The summed E-state index contributed by atoms with van der Waals surface area (Å²) < 4.78 is 5.94. The van der Waals surface area contributed by atoms with Crippen molar-refractivity contribution in [2.45, 2.75) is 38.0 Å². The van der Waals surface area contributed by atoms with Gasteiger partial charge in [-0.2, -0.15) is 11.8 Å². The lowest BCUT2D eigenvalue weighted by atomic mass is 10.1. The normalized spacial score (nSPS) is 35.6. The van der Waals surface area contributed by atoms with E-state index >= 15 is 0 Å². The molecular weight excluding hydrogens is 208 g/mol. The standard InChI is InChI=1S/C11H22N2OS/c1-9-2-3-11(14-9)10(8-12)13-4-6-15-7-5-13/h9-11H,2-8,12H2,1H3. The molecule has 3 unspecified atom stereocenters. The molecule has 0 aromatic rings. The quantitative estimate of drug-likeness (QED) is 0.783. The number of nitrogens with zero attached hydrogens (tertiary/aromatic N) is 1. The Labute approximate surface area is 96.7 Å². The van der Waals surface area contributed by atoms with Gasteiger partial charge in [0.15, 0.2) is 0 Å². The van der Waals surface area contributed by atoms with Crippen LogP contribution in [0.2, 0.25) is 0 Å². The predicted molar refractivity (Wildman–Crippen MR) is 65.3 cm³/mol. The van der Waals surface area contributed by atoms with Crippen LogP contribution in [0.3, 0.4) is 0 Å². The maximum Gasteiger partial charge on any atom is 0.0747 e. The molecule has 2 saturated heterocycles. The summed E-state index contributed by atoms with van der Waals surface area (Å²) in [7, 11) is 0. The van der Waals surface area contributed by atoms with Gasteiger partial charge in [0.1, 0.15) is 0 Å². The first-order valence-corrected chi connectivity index (χ1v) is 7.14. The second-order valence-corrected chi connectivity index (χ2v) is 5.74. The Morgan fingerprint density at radius 1 is 1.40 bits per heavy atom. The van der Waals surface area contributed by atoms with Crippen molar-refractivity contribution in [3.8, 4) is 0 Å². The Morgan fingerprint density at radius 2 is 2.13 bits per heavy atom. The molecule has 3 nitrogen and oxygen atoms in total. The van der Waals surface area contributed by atoms with Gasteiger partial charge >= 0.3 is 0 Å². The first kappa shape index (κ1) is 11.7. The molecule has 2 fully saturated rings. The molecule has 0 saturated carbocycles. The number of hydrogen-bond donors (Lipinski definition) is 1. The fourth-order valence-corrected chi connectivity index (χ4v) is 3.49. The van der Waals surface area contributed by atoms with E-state index < -0.39 is 0 Å². The van der Waals surface area contributed by atoms with Crippen LogP contribution in [-0.4, -0.2) is 54.3 Å². The van der Waals surface area contributed by atoms with Crippen LogP contribution in [0.5, 0.6) is 0 Å². The Balaban J connectivity index is 1.90. The van der Waals surface area contributed by atoms with Gasteiger partial charge in [0.25, 0.3) is 0 Å². The van der Waals surface area contributed by atoms with E-state index in [1.807, 2.05) is 11.8 Å². The zero-order valence-corrected chi connectivity index (χ0v) is 10.3. The number of ether oxygens (including phenoxy) is 1. The maximum atomic E-state index is 5.94. The second kappa shape index (κ2) is 5.53. The highest BCUT2D eigenvalue weighted by Crippen LogP contribution is 2.25. The van der Waals surface area contributed by atoms with Crippen molar-refractivity contribution in [3.63, 3.8) is 0 Å².